The van der Waals surface area contributed by atoms with Crippen LogP contribution in [0.15, 0.2) is 29.2 Å². The van der Waals surface area contributed by atoms with Crippen LogP contribution >= 0.6 is 0 Å². The van der Waals surface area contributed by atoms with Crippen LogP contribution in [0, 0.1) is 0 Å². The van der Waals surface area contributed by atoms with Gasteiger partial charge in [-0.05, 0) is 43.4 Å². The maximum Gasteiger partial charge on any atom is 0.341 e. The minimum absolute atomic E-state index is 0.145. The van der Waals surface area contributed by atoms with Crippen LogP contribution in [0.2, 0.25) is 0 Å². The second kappa shape index (κ2) is 5.35. The molecule has 0 saturated heterocycles. The first kappa shape index (κ1) is 13.9. The zero-order valence-electron chi connectivity index (χ0n) is 12.1. The predicted molar refractivity (Wildman–Crippen MR) is 82.1 cm³/mol. The number of carbonyl (C=O) groups is 1. The first-order valence-electron chi connectivity index (χ1n) is 7.52. The Hall–Kier alpha value is -2.10. The van der Waals surface area contributed by atoms with Gasteiger partial charge in [-0.3, -0.25) is 4.79 Å². The quantitative estimate of drug-likeness (QED) is 0.940. The summed E-state index contributed by atoms with van der Waals surface area (Å²) in [5.74, 6) is -0.646. The van der Waals surface area contributed by atoms with E-state index in [0.29, 0.717) is 17.8 Å². The van der Waals surface area contributed by atoms with Crippen LogP contribution in [0.3, 0.4) is 0 Å². The van der Waals surface area contributed by atoms with Crippen molar-refractivity contribution in [3.05, 3.63) is 45.7 Å². The van der Waals surface area contributed by atoms with Crippen molar-refractivity contribution in [2.24, 2.45) is 0 Å². The van der Waals surface area contributed by atoms with Crippen LogP contribution in [-0.2, 0) is 6.54 Å². The summed E-state index contributed by atoms with van der Waals surface area (Å²) in [7, 11) is 0. The second-order valence-electron chi connectivity index (χ2n) is 5.72. The van der Waals surface area contributed by atoms with Gasteiger partial charge in [0.1, 0.15) is 5.56 Å². The summed E-state index contributed by atoms with van der Waals surface area (Å²) in [6, 6.07) is 5.95. The van der Waals surface area contributed by atoms with Crippen LogP contribution in [0.5, 0.6) is 0 Å². The number of nitrogens with zero attached hydrogens (tertiary/aromatic N) is 1. The van der Waals surface area contributed by atoms with Gasteiger partial charge >= 0.3 is 5.97 Å². The molecule has 1 aliphatic carbocycles. The Morgan fingerprint density at radius 1 is 1.33 bits per heavy atom. The van der Waals surface area contributed by atoms with Gasteiger partial charge in [-0.2, -0.15) is 0 Å². The van der Waals surface area contributed by atoms with Crippen LogP contribution in [-0.4, -0.2) is 15.6 Å². The van der Waals surface area contributed by atoms with E-state index in [4.69, 9.17) is 0 Å². The van der Waals surface area contributed by atoms with E-state index in [1.165, 1.54) is 24.6 Å². The Kier molecular flexibility index (Phi) is 3.53. The zero-order valence-corrected chi connectivity index (χ0v) is 12.1. The molecule has 1 aromatic heterocycles. The number of aromatic carboxylic acids is 1. The molecule has 0 spiro atoms. The molecule has 2 aromatic rings. The summed E-state index contributed by atoms with van der Waals surface area (Å²) in [6.07, 6.45) is 6.23. The molecule has 1 heterocycles. The average Bonchev–Trinajstić information content (AvgIpc) is 3.01. The monoisotopic (exact) mass is 285 g/mol. The Morgan fingerprint density at radius 2 is 2.05 bits per heavy atom. The van der Waals surface area contributed by atoms with Crippen molar-refractivity contribution >= 4 is 16.9 Å². The lowest BCUT2D eigenvalue weighted by molar-refractivity contribution is 0.0695. The first-order chi connectivity index (χ1) is 10.1. The highest BCUT2D eigenvalue weighted by Crippen LogP contribution is 2.34. The minimum Gasteiger partial charge on any atom is -0.477 e. The third kappa shape index (κ3) is 2.35. The molecule has 21 heavy (non-hydrogen) atoms. The highest BCUT2D eigenvalue weighted by atomic mass is 16.4. The van der Waals surface area contributed by atoms with Crippen molar-refractivity contribution in [1.82, 2.24) is 4.57 Å². The summed E-state index contributed by atoms with van der Waals surface area (Å²) in [4.78, 5) is 23.7. The first-order valence-corrected chi connectivity index (χ1v) is 7.52. The van der Waals surface area contributed by atoms with E-state index in [-0.39, 0.29) is 11.0 Å². The minimum atomic E-state index is -1.16. The van der Waals surface area contributed by atoms with Gasteiger partial charge in [0.15, 0.2) is 0 Å². The fraction of sp³-hybridized carbons (Fsp3) is 0.412. The number of hydrogen-bond acceptors (Lipinski definition) is 2. The fourth-order valence-electron chi connectivity index (χ4n) is 3.34. The third-order valence-electron chi connectivity index (χ3n) is 4.50. The third-order valence-corrected chi connectivity index (χ3v) is 4.50. The number of hydrogen-bond donors (Lipinski definition) is 1. The van der Waals surface area contributed by atoms with Crippen LogP contribution in [0.1, 0.15) is 54.4 Å². The van der Waals surface area contributed by atoms with Gasteiger partial charge in [-0.25, -0.2) is 4.79 Å². The Morgan fingerprint density at radius 3 is 2.67 bits per heavy atom. The SMILES string of the molecule is CCn1cc(C(=O)O)c(=O)c2cc(C3CCCC3)ccc21. The maximum absolute atomic E-state index is 12.4. The lowest BCUT2D eigenvalue weighted by Crippen LogP contribution is -2.19. The van der Waals surface area contributed by atoms with Gasteiger partial charge in [-0.1, -0.05) is 18.9 Å². The van der Waals surface area contributed by atoms with Crippen molar-refractivity contribution < 1.29 is 9.90 Å². The van der Waals surface area contributed by atoms with E-state index in [1.807, 2.05) is 23.6 Å². The molecule has 0 amide bonds. The van der Waals surface area contributed by atoms with Gasteiger partial charge in [0, 0.05) is 18.1 Å². The molecule has 1 N–H and O–H groups in total. The molecule has 0 unspecified atom stereocenters. The molecule has 0 atom stereocenters. The average molecular weight is 285 g/mol. The number of aromatic nitrogens is 1. The molecular formula is C17H19NO3. The van der Waals surface area contributed by atoms with Gasteiger partial charge in [-0.15, -0.1) is 0 Å². The van der Waals surface area contributed by atoms with Crippen molar-refractivity contribution in [3.63, 3.8) is 0 Å². The van der Waals surface area contributed by atoms with E-state index in [2.05, 4.69) is 6.07 Å². The number of carboxylic acid groups (broad SMARTS) is 1. The summed E-state index contributed by atoms with van der Waals surface area (Å²) >= 11 is 0. The Balaban J connectivity index is 2.25. The maximum atomic E-state index is 12.4. The van der Waals surface area contributed by atoms with E-state index in [1.54, 1.807) is 0 Å². The van der Waals surface area contributed by atoms with Gasteiger partial charge in [0.25, 0.3) is 0 Å². The number of rotatable bonds is 3. The zero-order chi connectivity index (χ0) is 15.0. The molecule has 0 radical (unpaired) electrons. The van der Waals surface area contributed by atoms with Crippen LogP contribution < -0.4 is 5.43 Å². The number of pyridine rings is 1. The Labute approximate surface area is 123 Å². The van der Waals surface area contributed by atoms with E-state index >= 15 is 0 Å². The van der Waals surface area contributed by atoms with Crippen molar-refractivity contribution in [2.75, 3.05) is 0 Å². The van der Waals surface area contributed by atoms with E-state index < -0.39 is 5.97 Å². The van der Waals surface area contributed by atoms with Gasteiger partial charge in [0.05, 0.1) is 5.52 Å². The van der Waals surface area contributed by atoms with E-state index in [9.17, 15) is 14.7 Å². The highest BCUT2D eigenvalue weighted by Gasteiger charge is 2.19. The molecule has 1 saturated carbocycles. The summed E-state index contributed by atoms with van der Waals surface area (Å²) in [5.41, 5.74) is 1.46. The van der Waals surface area contributed by atoms with Gasteiger partial charge < -0.3 is 9.67 Å². The summed E-state index contributed by atoms with van der Waals surface area (Å²) < 4.78 is 1.83. The topological polar surface area (TPSA) is 59.3 Å². The van der Waals surface area contributed by atoms with Gasteiger partial charge in [0.2, 0.25) is 5.43 Å². The molecule has 4 nitrogen and oxygen atoms in total. The normalized spacial score (nSPS) is 15.7. The lowest BCUT2D eigenvalue weighted by Gasteiger charge is -2.14. The van der Waals surface area contributed by atoms with E-state index in [0.717, 1.165) is 18.4 Å². The molecule has 0 aliphatic heterocycles. The predicted octanol–water partition coefficient (Wildman–Crippen LogP) is 3.38. The lowest BCUT2D eigenvalue weighted by atomic mass is 9.95. The molecule has 110 valence electrons. The standard InChI is InChI=1S/C17H19NO3/c1-2-18-10-14(17(20)21)16(19)13-9-12(7-8-15(13)18)11-5-3-4-6-11/h7-11H,2-6H2,1H3,(H,20,21). The number of fused-ring (bicyclic) bond motifs is 1. The van der Waals surface area contributed by atoms with Crippen LogP contribution in [0.4, 0.5) is 0 Å². The molecule has 3 rings (SSSR count). The highest BCUT2D eigenvalue weighted by molar-refractivity contribution is 5.92. The molecule has 1 aliphatic rings. The number of benzene rings is 1. The molecular weight excluding hydrogens is 266 g/mol. The largest absolute Gasteiger partial charge is 0.477 e. The second-order valence-corrected chi connectivity index (χ2v) is 5.72. The molecule has 1 fully saturated rings. The molecule has 4 heteroatoms. The molecule has 0 bridgehead atoms. The number of aryl methyl sites for hydroxylation is 1. The summed E-state index contributed by atoms with van der Waals surface area (Å²) in [5, 5.41) is 9.74. The van der Waals surface area contributed by atoms with Crippen molar-refractivity contribution in [3.8, 4) is 0 Å². The van der Waals surface area contributed by atoms with Crippen molar-refractivity contribution in [1.29, 1.82) is 0 Å². The van der Waals surface area contributed by atoms with Crippen molar-refractivity contribution in [2.45, 2.75) is 45.1 Å². The van der Waals surface area contributed by atoms with Crippen LogP contribution in [0.25, 0.3) is 10.9 Å². The Bertz CT molecular complexity index is 754. The molecule has 1 aromatic carbocycles. The smallest absolute Gasteiger partial charge is 0.341 e. The summed E-state index contributed by atoms with van der Waals surface area (Å²) in [6.45, 7) is 2.58. The number of carboxylic acids is 1. The fourth-order valence-corrected chi connectivity index (χ4v) is 3.34.